The highest BCUT2D eigenvalue weighted by molar-refractivity contribution is 7.14. The number of aromatic nitrogens is 1. The standard InChI is InChI=1S/C22H13N3S/c23-13-15(14-24)22-12-10-16(26-22)9-11-17-18-5-1-3-7-20(18)25-21-8-4-2-6-19(17)21/h1-12,23H/b11-9+. The molecule has 0 amide bonds. The van der Waals surface area contributed by atoms with Crippen LogP contribution in [0.4, 0.5) is 0 Å². The molecular formula is C22H13N3S. The predicted molar refractivity (Wildman–Crippen MR) is 109 cm³/mol. The zero-order chi connectivity index (χ0) is 17.9. The number of nitrogens with zero attached hydrogens (tertiary/aromatic N) is 2. The minimum absolute atomic E-state index is 0.259. The van der Waals surface area contributed by atoms with E-state index in [9.17, 15) is 0 Å². The fourth-order valence-corrected chi connectivity index (χ4v) is 3.80. The molecule has 0 saturated heterocycles. The smallest absolute Gasteiger partial charge is 0.130 e. The van der Waals surface area contributed by atoms with E-state index in [1.807, 2.05) is 60.7 Å². The Morgan fingerprint density at radius 2 is 1.58 bits per heavy atom. The van der Waals surface area contributed by atoms with Crippen LogP contribution in [0.5, 0.6) is 0 Å². The van der Waals surface area contributed by atoms with Crippen LogP contribution < -0.4 is 0 Å². The number of hydrogen-bond donors (Lipinski definition) is 1. The molecule has 3 nitrogen and oxygen atoms in total. The molecule has 4 heteroatoms. The first-order valence-electron chi connectivity index (χ1n) is 8.06. The maximum atomic E-state index is 9.05. The minimum atomic E-state index is 0.259. The van der Waals surface area contributed by atoms with Gasteiger partial charge >= 0.3 is 0 Å². The summed E-state index contributed by atoms with van der Waals surface area (Å²) in [5.41, 5.74) is 3.33. The molecule has 0 aliphatic rings. The number of fused-ring (bicyclic) bond motifs is 2. The molecule has 0 saturated carbocycles. The molecule has 0 bridgehead atoms. The van der Waals surface area contributed by atoms with Crippen LogP contribution in [0.3, 0.4) is 0 Å². The highest BCUT2D eigenvalue weighted by atomic mass is 32.1. The molecule has 0 unspecified atom stereocenters. The van der Waals surface area contributed by atoms with Crippen molar-refractivity contribution >= 4 is 56.7 Å². The molecule has 26 heavy (non-hydrogen) atoms. The number of pyridine rings is 1. The van der Waals surface area contributed by atoms with Gasteiger partial charge in [-0.3, -0.25) is 5.41 Å². The van der Waals surface area contributed by atoms with Crippen LogP contribution in [0.1, 0.15) is 15.3 Å². The Hall–Kier alpha value is -3.51. The van der Waals surface area contributed by atoms with E-state index in [0.29, 0.717) is 0 Å². The summed E-state index contributed by atoms with van der Waals surface area (Å²) >= 11 is 1.48. The van der Waals surface area contributed by atoms with Gasteiger partial charge in [-0.25, -0.2) is 4.98 Å². The third kappa shape index (κ3) is 2.82. The number of para-hydroxylation sites is 2. The summed E-state index contributed by atoms with van der Waals surface area (Å²) in [5, 5.41) is 18.5. The molecule has 1 N–H and O–H groups in total. The fourth-order valence-electron chi connectivity index (χ4n) is 2.94. The van der Waals surface area contributed by atoms with Gasteiger partial charge in [0.2, 0.25) is 0 Å². The molecule has 0 atom stereocenters. The van der Waals surface area contributed by atoms with E-state index >= 15 is 0 Å². The summed E-state index contributed by atoms with van der Waals surface area (Å²) in [5.74, 6) is 2.19. The van der Waals surface area contributed by atoms with Crippen LogP contribution in [0.25, 0.3) is 39.5 Å². The van der Waals surface area contributed by atoms with Crippen molar-refractivity contribution in [3.63, 3.8) is 0 Å². The molecule has 0 radical (unpaired) electrons. The van der Waals surface area contributed by atoms with Crippen LogP contribution in [-0.2, 0) is 0 Å². The highest BCUT2D eigenvalue weighted by Gasteiger charge is 2.07. The van der Waals surface area contributed by atoms with Gasteiger partial charge in [-0.1, -0.05) is 42.5 Å². The van der Waals surface area contributed by atoms with Crippen molar-refractivity contribution in [3.8, 4) is 6.07 Å². The first kappa shape index (κ1) is 16.0. The Balaban J connectivity index is 1.85. The molecule has 2 aromatic heterocycles. The lowest BCUT2D eigenvalue weighted by atomic mass is 10.0. The maximum absolute atomic E-state index is 9.05. The topological polar surface area (TPSA) is 60.5 Å². The monoisotopic (exact) mass is 351 g/mol. The molecule has 0 fully saturated rings. The van der Waals surface area contributed by atoms with Gasteiger partial charge in [-0.2, -0.15) is 5.26 Å². The molecule has 4 rings (SSSR count). The number of benzene rings is 2. The molecule has 0 aliphatic heterocycles. The Bertz CT molecular complexity index is 1200. The lowest BCUT2D eigenvalue weighted by Gasteiger charge is -2.07. The van der Waals surface area contributed by atoms with Gasteiger partial charge in [0, 0.05) is 15.6 Å². The Morgan fingerprint density at radius 1 is 0.923 bits per heavy atom. The van der Waals surface area contributed by atoms with Gasteiger partial charge in [0.15, 0.2) is 0 Å². The van der Waals surface area contributed by atoms with Crippen molar-refractivity contribution in [1.82, 2.24) is 4.98 Å². The van der Waals surface area contributed by atoms with Crippen molar-refractivity contribution < 1.29 is 0 Å². The van der Waals surface area contributed by atoms with E-state index in [0.717, 1.165) is 37.1 Å². The van der Waals surface area contributed by atoms with E-state index in [4.69, 9.17) is 15.7 Å². The van der Waals surface area contributed by atoms with E-state index in [-0.39, 0.29) is 5.57 Å². The Morgan fingerprint density at radius 3 is 2.19 bits per heavy atom. The van der Waals surface area contributed by atoms with Crippen LogP contribution in [0, 0.1) is 16.7 Å². The zero-order valence-electron chi connectivity index (χ0n) is 13.7. The zero-order valence-corrected chi connectivity index (χ0v) is 14.5. The summed E-state index contributed by atoms with van der Waals surface area (Å²) in [6.45, 7) is 0. The fraction of sp³-hybridized carbons (Fsp3) is 0. The number of rotatable bonds is 3. The lowest BCUT2D eigenvalue weighted by molar-refractivity contribution is 1.49. The first-order chi connectivity index (χ1) is 12.8. The summed E-state index contributed by atoms with van der Waals surface area (Å²) in [7, 11) is 0. The van der Waals surface area contributed by atoms with Crippen LogP contribution in [0.2, 0.25) is 0 Å². The van der Waals surface area contributed by atoms with Crippen molar-refractivity contribution in [2.24, 2.45) is 0 Å². The van der Waals surface area contributed by atoms with Crippen molar-refractivity contribution in [1.29, 1.82) is 10.7 Å². The molecule has 0 aliphatic carbocycles. The summed E-state index contributed by atoms with van der Waals surface area (Å²) < 4.78 is 0. The molecule has 2 heterocycles. The Labute approximate surface area is 154 Å². The average Bonchev–Trinajstić information content (AvgIpc) is 3.15. The van der Waals surface area contributed by atoms with Crippen molar-refractivity contribution in [2.45, 2.75) is 0 Å². The summed E-state index contributed by atoms with van der Waals surface area (Å²) in [6, 6.07) is 22.1. The second-order valence-corrected chi connectivity index (χ2v) is 6.82. The largest absolute Gasteiger partial charge is 0.258 e. The number of hydrogen-bond acceptors (Lipinski definition) is 4. The molecule has 4 aromatic rings. The first-order valence-corrected chi connectivity index (χ1v) is 8.87. The maximum Gasteiger partial charge on any atom is 0.130 e. The highest BCUT2D eigenvalue weighted by Crippen LogP contribution is 2.29. The summed E-state index contributed by atoms with van der Waals surface area (Å²) in [6.07, 6.45) is 4.14. The number of allylic oxidation sites excluding steroid dienone is 1. The van der Waals surface area contributed by atoms with Gasteiger partial charge in [0.05, 0.1) is 15.9 Å². The molecule has 2 aromatic carbocycles. The second-order valence-electron chi connectivity index (χ2n) is 5.71. The average molecular weight is 351 g/mol. The van der Waals surface area contributed by atoms with Crippen LogP contribution >= 0.6 is 11.3 Å². The second kappa shape index (κ2) is 6.78. The third-order valence-corrected chi connectivity index (χ3v) is 5.22. The summed E-state index contributed by atoms with van der Waals surface area (Å²) in [4.78, 5) is 6.52. The van der Waals surface area contributed by atoms with E-state index in [1.54, 1.807) is 0 Å². The normalized spacial score (nSPS) is 10.9. The lowest BCUT2D eigenvalue weighted by Crippen LogP contribution is -1.87. The number of nitrogens with one attached hydrogen (secondary N) is 1. The molecule has 0 spiro atoms. The quantitative estimate of drug-likeness (QED) is 0.289. The van der Waals surface area contributed by atoms with Crippen molar-refractivity contribution in [2.75, 3.05) is 0 Å². The minimum Gasteiger partial charge on any atom is -0.258 e. The predicted octanol–water partition coefficient (Wildman–Crippen LogP) is 5.78. The van der Waals surface area contributed by atoms with Crippen molar-refractivity contribution in [3.05, 3.63) is 76.0 Å². The van der Waals surface area contributed by atoms with Crippen LogP contribution in [0.15, 0.2) is 60.7 Å². The molecular weight excluding hydrogens is 338 g/mol. The molecule has 122 valence electrons. The van der Waals surface area contributed by atoms with Gasteiger partial charge in [-0.15, -0.1) is 11.3 Å². The van der Waals surface area contributed by atoms with Gasteiger partial charge in [-0.05, 0) is 41.8 Å². The number of thiophene rings is 1. The van der Waals surface area contributed by atoms with Gasteiger partial charge in [0.25, 0.3) is 0 Å². The van der Waals surface area contributed by atoms with E-state index in [1.165, 1.54) is 11.3 Å². The van der Waals surface area contributed by atoms with Crippen LogP contribution in [-0.4, -0.2) is 10.9 Å². The van der Waals surface area contributed by atoms with Gasteiger partial charge < -0.3 is 0 Å². The Kier molecular flexibility index (Phi) is 4.17. The van der Waals surface area contributed by atoms with E-state index < -0.39 is 0 Å². The SMILES string of the molecule is N#CC(=C=N)c1ccc(/C=C/c2c3ccccc3nc3ccccc23)s1. The number of nitriles is 1. The van der Waals surface area contributed by atoms with Gasteiger partial charge in [0.1, 0.15) is 11.6 Å². The van der Waals surface area contributed by atoms with E-state index in [2.05, 4.69) is 24.1 Å². The third-order valence-electron chi connectivity index (χ3n) is 4.15.